The lowest BCUT2D eigenvalue weighted by atomic mass is 10.3. The zero-order valence-electron chi connectivity index (χ0n) is 10.7. The molecule has 19 heavy (non-hydrogen) atoms. The highest BCUT2D eigenvalue weighted by Crippen LogP contribution is 2.28. The standard InChI is InChI=1S/C13H15Cl2N3O/c1-9(8-19-2)18-6-5-16-13(18)17-12-4-3-10(14)7-11(12)15/h3-7,9H,8H2,1-2H3,(H,16,17). The van der Waals surface area contributed by atoms with Crippen molar-refractivity contribution in [2.75, 3.05) is 19.0 Å². The average molecular weight is 300 g/mol. The third-order valence-electron chi connectivity index (χ3n) is 2.73. The van der Waals surface area contributed by atoms with Crippen molar-refractivity contribution in [3.63, 3.8) is 0 Å². The SMILES string of the molecule is COCC(C)n1ccnc1Nc1ccc(Cl)cc1Cl. The number of hydrogen-bond donors (Lipinski definition) is 1. The number of nitrogens with zero attached hydrogens (tertiary/aromatic N) is 2. The second-order valence-electron chi connectivity index (χ2n) is 4.21. The minimum absolute atomic E-state index is 0.182. The van der Waals surface area contributed by atoms with Gasteiger partial charge in [0.05, 0.1) is 23.4 Å². The van der Waals surface area contributed by atoms with Crippen molar-refractivity contribution in [1.82, 2.24) is 9.55 Å². The van der Waals surface area contributed by atoms with E-state index < -0.39 is 0 Å². The topological polar surface area (TPSA) is 39.1 Å². The Morgan fingerprint density at radius 1 is 1.42 bits per heavy atom. The van der Waals surface area contributed by atoms with Gasteiger partial charge in [-0.2, -0.15) is 0 Å². The molecule has 0 saturated carbocycles. The third kappa shape index (κ3) is 3.41. The summed E-state index contributed by atoms with van der Waals surface area (Å²) in [4.78, 5) is 4.28. The highest BCUT2D eigenvalue weighted by Gasteiger charge is 2.11. The zero-order chi connectivity index (χ0) is 13.8. The molecular formula is C13H15Cl2N3O. The van der Waals surface area contributed by atoms with Crippen molar-refractivity contribution >= 4 is 34.8 Å². The third-order valence-corrected chi connectivity index (χ3v) is 3.28. The average Bonchev–Trinajstić information content (AvgIpc) is 2.81. The Labute approximate surface area is 122 Å². The van der Waals surface area contributed by atoms with Crippen molar-refractivity contribution in [1.29, 1.82) is 0 Å². The molecule has 2 rings (SSSR count). The van der Waals surface area contributed by atoms with Gasteiger partial charge in [-0.1, -0.05) is 23.2 Å². The fourth-order valence-corrected chi connectivity index (χ4v) is 2.25. The van der Waals surface area contributed by atoms with Gasteiger partial charge in [0.15, 0.2) is 0 Å². The molecule has 0 bridgehead atoms. The normalized spacial score (nSPS) is 12.4. The van der Waals surface area contributed by atoms with Crippen LogP contribution in [-0.2, 0) is 4.74 Å². The molecule has 1 unspecified atom stereocenters. The molecule has 0 aliphatic carbocycles. The molecule has 0 aliphatic rings. The summed E-state index contributed by atoms with van der Waals surface area (Å²) in [6, 6.07) is 5.48. The Morgan fingerprint density at radius 2 is 2.21 bits per heavy atom. The maximum atomic E-state index is 6.13. The lowest BCUT2D eigenvalue weighted by Crippen LogP contribution is -2.12. The fraction of sp³-hybridized carbons (Fsp3) is 0.308. The largest absolute Gasteiger partial charge is 0.383 e. The first-order chi connectivity index (χ1) is 9.11. The van der Waals surface area contributed by atoms with Gasteiger partial charge < -0.3 is 14.6 Å². The van der Waals surface area contributed by atoms with E-state index in [1.165, 1.54) is 0 Å². The lowest BCUT2D eigenvalue weighted by molar-refractivity contribution is 0.163. The lowest BCUT2D eigenvalue weighted by Gasteiger charge is -2.16. The van der Waals surface area contributed by atoms with Gasteiger partial charge in [-0.05, 0) is 25.1 Å². The van der Waals surface area contributed by atoms with Gasteiger partial charge in [0.2, 0.25) is 5.95 Å². The molecule has 102 valence electrons. The van der Waals surface area contributed by atoms with Crippen LogP contribution in [0.15, 0.2) is 30.6 Å². The summed E-state index contributed by atoms with van der Waals surface area (Å²) in [5.41, 5.74) is 0.767. The van der Waals surface area contributed by atoms with Crippen molar-refractivity contribution in [3.05, 3.63) is 40.6 Å². The van der Waals surface area contributed by atoms with Crippen LogP contribution in [-0.4, -0.2) is 23.3 Å². The van der Waals surface area contributed by atoms with E-state index in [2.05, 4.69) is 17.2 Å². The minimum Gasteiger partial charge on any atom is -0.383 e. The number of ether oxygens (including phenoxy) is 1. The predicted molar refractivity (Wildman–Crippen MR) is 78.6 cm³/mol. The van der Waals surface area contributed by atoms with Gasteiger partial charge in [0.25, 0.3) is 0 Å². The molecule has 4 nitrogen and oxygen atoms in total. The Kier molecular flexibility index (Phi) is 4.69. The molecule has 1 N–H and O–H groups in total. The summed E-state index contributed by atoms with van der Waals surface area (Å²) in [5.74, 6) is 0.716. The number of rotatable bonds is 5. The van der Waals surface area contributed by atoms with Crippen LogP contribution in [0.4, 0.5) is 11.6 Å². The molecule has 0 radical (unpaired) electrons. The summed E-state index contributed by atoms with van der Waals surface area (Å²) in [6.45, 7) is 2.67. The summed E-state index contributed by atoms with van der Waals surface area (Å²) in [5, 5.41) is 4.35. The van der Waals surface area contributed by atoms with E-state index in [1.54, 1.807) is 25.4 Å². The monoisotopic (exact) mass is 299 g/mol. The van der Waals surface area contributed by atoms with Gasteiger partial charge in [-0.15, -0.1) is 0 Å². The first kappa shape index (κ1) is 14.2. The highest BCUT2D eigenvalue weighted by molar-refractivity contribution is 6.36. The molecule has 0 spiro atoms. The van der Waals surface area contributed by atoms with Gasteiger partial charge in [0.1, 0.15) is 0 Å². The summed E-state index contributed by atoms with van der Waals surface area (Å²) >= 11 is 12.0. The van der Waals surface area contributed by atoms with E-state index >= 15 is 0 Å². The van der Waals surface area contributed by atoms with Crippen LogP contribution in [0.1, 0.15) is 13.0 Å². The summed E-state index contributed by atoms with van der Waals surface area (Å²) in [6.07, 6.45) is 3.63. The second kappa shape index (κ2) is 6.28. The smallest absolute Gasteiger partial charge is 0.207 e. The molecule has 6 heteroatoms. The molecule has 0 aliphatic heterocycles. The van der Waals surface area contributed by atoms with E-state index in [-0.39, 0.29) is 6.04 Å². The Bertz CT molecular complexity index is 557. The van der Waals surface area contributed by atoms with E-state index in [4.69, 9.17) is 27.9 Å². The van der Waals surface area contributed by atoms with Gasteiger partial charge in [0, 0.05) is 24.5 Å². The van der Waals surface area contributed by atoms with E-state index in [1.807, 2.05) is 16.8 Å². The predicted octanol–water partition coefficient (Wildman–Crippen LogP) is 4.14. The second-order valence-corrected chi connectivity index (χ2v) is 5.06. The van der Waals surface area contributed by atoms with Crippen molar-refractivity contribution in [2.45, 2.75) is 13.0 Å². The number of benzene rings is 1. The van der Waals surface area contributed by atoms with E-state index in [0.29, 0.717) is 22.6 Å². The van der Waals surface area contributed by atoms with Crippen LogP contribution in [0.3, 0.4) is 0 Å². The van der Waals surface area contributed by atoms with Crippen molar-refractivity contribution < 1.29 is 4.74 Å². The van der Waals surface area contributed by atoms with Crippen LogP contribution in [0.2, 0.25) is 10.0 Å². The highest BCUT2D eigenvalue weighted by atomic mass is 35.5. The maximum absolute atomic E-state index is 6.13. The number of methoxy groups -OCH3 is 1. The van der Waals surface area contributed by atoms with Crippen molar-refractivity contribution in [2.24, 2.45) is 0 Å². The molecule has 1 aromatic heterocycles. The van der Waals surface area contributed by atoms with Crippen LogP contribution in [0.25, 0.3) is 0 Å². The minimum atomic E-state index is 0.182. The number of nitrogens with one attached hydrogen (secondary N) is 1. The Hall–Kier alpha value is -1.23. The van der Waals surface area contributed by atoms with Gasteiger partial charge >= 0.3 is 0 Å². The quantitative estimate of drug-likeness (QED) is 0.902. The van der Waals surface area contributed by atoms with Crippen LogP contribution in [0, 0.1) is 0 Å². The number of halogens is 2. The molecular weight excluding hydrogens is 285 g/mol. The molecule has 1 aromatic carbocycles. The summed E-state index contributed by atoms with van der Waals surface area (Å²) < 4.78 is 7.15. The van der Waals surface area contributed by atoms with Crippen LogP contribution in [0.5, 0.6) is 0 Å². The first-order valence-corrected chi connectivity index (χ1v) is 6.61. The first-order valence-electron chi connectivity index (χ1n) is 5.85. The molecule has 1 heterocycles. The summed E-state index contributed by atoms with van der Waals surface area (Å²) in [7, 11) is 1.68. The zero-order valence-corrected chi connectivity index (χ0v) is 12.2. The Balaban J connectivity index is 2.21. The van der Waals surface area contributed by atoms with Crippen molar-refractivity contribution in [3.8, 4) is 0 Å². The van der Waals surface area contributed by atoms with Crippen LogP contribution < -0.4 is 5.32 Å². The molecule has 0 fully saturated rings. The number of imidazole rings is 1. The molecule has 1 atom stereocenters. The maximum Gasteiger partial charge on any atom is 0.207 e. The number of hydrogen-bond acceptors (Lipinski definition) is 3. The number of anilines is 2. The van der Waals surface area contributed by atoms with E-state index in [0.717, 1.165) is 5.69 Å². The molecule has 2 aromatic rings. The van der Waals surface area contributed by atoms with Gasteiger partial charge in [-0.3, -0.25) is 0 Å². The van der Waals surface area contributed by atoms with E-state index in [9.17, 15) is 0 Å². The van der Waals surface area contributed by atoms with Crippen LogP contribution >= 0.6 is 23.2 Å². The number of aromatic nitrogens is 2. The fourth-order valence-electron chi connectivity index (χ4n) is 1.80. The van der Waals surface area contributed by atoms with Gasteiger partial charge in [-0.25, -0.2) is 4.98 Å². The Morgan fingerprint density at radius 3 is 2.89 bits per heavy atom. The molecule has 0 saturated heterocycles. The molecule has 0 amide bonds.